The molecule has 0 aliphatic heterocycles. The molecule has 0 radical (unpaired) electrons. The predicted octanol–water partition coefficient (Wildman–Crippen LogP) is 2.81. The molecule has 9 nitrogen and oxygen atoms in total. The molecule has 200 valence electrons. The van der Waals surface area contributed by atoms with Crippen LogP contribution >= 0.6 is 0 Å². The van der Waals surface area contributed by atoms with Crippen molar-refractivity contribution in [2.24, 2.45) is 5.73 Å². The number of alkyl carbamates (subject to hydrolysis) is 1. The van der Waals surface area contributed by atoms with Gasteiger partial charge in [0.05, 0.1) is 6.42 Å². The normalized spacial score (nSPS) is 12.3. The molecule has 0 aliphatic rings. The fourth-order valence-electron chi connectivity index (χ4n) is 3.63. The van der Waals surface area contributed by atoms with Crippen LogP contribution in [-0.4, -0.2) is 46.9 Å². The van der Waals surface area contributed by atoms with Gasteiger partial charge in [-0.2, -0.15) is 0 Å². The van der Waals surface area contributed by atoms with Crippen molar-refractivity contribution in [2.75, 3.05) is 6.54 Å². The van der Waals surface area contributed by atoms with E-state index in [0.29, 0.717) is 11.1 Å². The molecule has 0 bridgehead atoms. The van der Waals surface area contributed by atoms with Crippen molar-refractivity contribution in [3.63, 3.8) is 0 Å². The molecule has 0 saturated carbocycles. The number of terminal acetylenes is 1. The smallest absolute Gasteiger partial charge is 0.408 e. The van der Waals surface area contributed by atoms with Gasteiger partial charge in [0.1, 0.15) is 17.7 Å². The Balaban J connectivity index is 2.45. The van der Waals surface area contributed by atoms with E-state index in [0.717, 1.165) is 5.56 Å². The largest absolute Gasteiger partial charge is 0.444 e. The number of hydrogen-bond acceptors (Lipinski definition) is 5. The molecule has 38 heavy (non-hydrogen) atoms. The van der Waals surface area contributed by atoms with Crippen LogP contribution in [0.1, 0.15) is 49.9 Å². The van der Waals surface area contributed by atoms with Crippen molar-refractivity contribution >= 4 is 23.8 Å². The van der Waals surface area contributed by atoms with Gasteiger partial charge in [0.2, 0.25) is 17.7 Å². The molecule has 0 fully saturated rings. The van der Waals surface area contributed by atoms with Crippen LogP contribution in [0.25, 0.3) is 0 Å². The standard InChI is InChI=1S/C29H34N4O5/c1-6-17-33(27(36)23(18-24(30)34)32-28(37)38-29(3,4)5)25(22-15-13-20(7-2)14-16-22)26(35)31-19-21-11-9-8-10-12-21/h2,6,8-16,23,25H,1,17-19H2,3-5H3,(H2,30,34)(H,31,35)(H,32,37). The number of hydrogen-bond donors (Lipinski definition) is 3. The molecule has 2 atom stereocenters. The van der Waals surface area contributed by atoms with Crippen LogP contribution in [0.15, 0.2) is 67.3 Å². The first-order chi connectivity index (χ1) is 17.9. The molecular formula is C29H34N4O5. The first-order valence-corrected chi connectivity index (χ1v) is 12.0. The minimum absolute atomic E-state index is 0.0651. The molecular weight excluding hydrogens is 484 g/mol. The summed E-state index contributed by atoms with van der Waals surface area (Å²) in [5.41, 5.74) is 6.47. The summed E-state index contributed by atoms with van der Waals surface area (Å²) < 4.78 is 5.25. The minimum atomic E-state index is -1.38. The van der Waals surface area contributed by atoms with E-state index in [1.54, 1.807) is 45.0 Å². The van der Waals surface area contributed by atoms with E-state index in [2.05, 4.69) is 23.1 Å². The summed E-state index contributed by atoms with van der Waals surface area (Å²) in [5, 5.41) is 5.28. The van der Waals surface area contributed by atoms with Crippen LogP contribution in [0.5, 0.6) is 0 Å². The zero-order chi connectivity index (χ0) is 28.3. The zero-order valence-electron chi connectivity index (χ0n) is 21.9. The fraction of sp³-hybridized carbons (Fsp3) is 0.310. The molecule has 0 heterocycles. The van der Waals surface area contributed by atoms with Gasteiger partial charge in [0, 0.05) is 18.7 Å². The van der Waals surface area contributed by atoms with E-state index in [9.17, 15) is 19.2 Å². The van der Waals surface area contributed by atoms with Gasteiger partial charge in [-0.15, -0.1) is 13.0 Å². The predicted molar refractivity (Wildman–Crippen MR) is 144 cm³/mol. The van der Waals surface area contributed by atoms with Crippen LogP contribution in [0, 0.1) is 12.3 Å². The topological polar surface area (TPSA) is 131 Å². The van der Waals surface area contributed by atoms with Crippen molar-refractivity contribution in [1.82, 2.24) is 15.5 Å². The number of nitrogens with one attached hydrogen (secondary N) is 2. The Labute approximate surface area is 223 Å². The average molecular weight is 519 g/mol. The van der Waals surface area contributed by atoms with Gasteiger partial charge >= 0.3 is 6.09 Å². The maximum Gasteiger partial charge on any atom is 0.408 e. The highest BCUT2D eigenvalue weighted by Gasteiger charge is 2.36. The van der Waals surface area contributed by atoms with E-state index in [-0.39, 0.29) is 13.1 Å². The molecule has 0 spiro atoms. The van der Waals surface area contributed by atoms with E-state index in [1.807, 2.05) is 30.3 Å². The Bertz CT molecular complexity index is 1180. The molecule has 9 heteroatoms. The summed E-state index contributed by atoms with van der Waals surface area (Å²) in [4.78, 5) is 52.8. The second-order valence-electron chi connectivity index (χ2n) is 9.52. The summed E-state index contributed by atoms with van der Waals surface area (Å²) in [6.07, 6.45) is 5.52. The molecule has 4 N–H and O–H groups in total. The van der Waals surface area contributed by atoms with Crippen LogP contribution in [-0.2, 0) is 25.7 Å². The number of nitrogens with zero attached hydrogens (tertiary/aromatic N) is 1. The van der Waals surface area contributed by atoms with Crippen LogP contribution in [0.3, 0.4) is 0 Å². The lowest BCUT2D eigenvalue weighted by Crippen LogP contribution is -2.54. The quantitative estimate of drug-likeness (QED) is 0.311. The Kier molecular flexibility index (Phi) is 10.7. The van der Waals surface area contributed by atoms with Crippen molar-refractivity contribution < 1.29 is 23.9 Å². The third-order valence-electron chi connectivity index (χ3n) is 5.27. The Morgan fingerprint density at radius 2 is 1.74 bits per heavy atom. The van der Waals surface area contributed by atoms with Crippen LogP contribution in [0.2, 0.25) is 0 Å². The average Bonchev–Trinajstić information content (AvgIpc) is 2.86. The molecule has 4 amide bonds. The Hall–Kier alpha value is -4.58. The second kappa shape index (κ2) is 13.7. The summed E-state index contributed by atoms with van der Waals surface area (Å²) in [6.45, 7) is 8.85. The van der Waals surface area contributed by atoms with Gasteiger partial charge in [-0.25, -0.2) is 4.79 Å². The van der Waals surface area contributed by atoms with E-state index in [4.69, 9.17) is 16.9 Å². The molecule has 0 aliphatic carbocycles. The van der Waals surface area contributed by atoms with Gasteiger partial charge in [-0.3, -0.25) is 14.4 Å². The Morgan fingerprint density at radius 3 is 2.26 bits per heavy atom. The summed E-state index contributed by atoms with van der Waals surface area (Å²) >= 11 is 0. The third-order valence-corrected chi connectivity index (χ3v) is 5.27. The maximum absolute atomic E-state index is 13.8. The monoisotopic (exact) mass is 518 g/mol. The number of primary amides is 1. The maximum atomic E-state index is 13.8. The van der Waals surface area contributed by atoms with Crippen molar-refractivity contribution in [3.05, 3.63) is 83.9 Å². The van der Waals surface area contributed by atoms with Crippen molar-refractivity contribution in [3.8, 4) is 12.3 Å². The second-order valence-corrected chi connectivity index (χ2v) is 9.52. The first kappa shape index (κ1) is 29.6. The number of carbonyl (C=O) groups excluding carboxylic acids is 4. The number of rotatable bonds is 11. The first-order valence-electron chi connectivity index (χ1n) is 12.0. The van der Waals surface area contributed by atoms with Gasteiger partial charge in [0.15, 0.2) is 0 Å². The minimum Gasteiger partial charge on any atom is -0.444 e. The zero-order valence-corrected chi connectivity index (χ0v) is 21.9. The number of ether oxygens (including phenoxy) is 1. The van der Waals surface area contributed by atoms with E-state index >= 15 is 0 Å². The fourth-order valence-corrected chi connectivity index (χ4v) is 3.63. The van der Waals surface area contributed by atoms with E-state index < -0.39 is 47.9 Å². The lowest BCUT2D eigenvalue weighted by Gasteiger charge is -2.33. The van der Waals surface area contributed by atoms with Crippen LogP contribution < -0.4 is 16.4 Å². The highest BCUT2D eigenvalue weighted by Crippen LogP contribution is 2.24. The molecule has 0 aromatic heterocycles. The lowest BCUT2D eigenvalue weighted by atomic mass is 10.0. The Morgan fingerprint density at radius 1 is 1.11 bits per heavy atom. The van der Waals surface area contributed by atoms with Gasteiger partial charge in [-0.05, 0) is 44.0 Å². The van der Waals surface area contributed by atoms with Crippen LogP contribution in [0.4, 0.5) is 4.79 Å². The number of nitrogens with two attached hydrogens (primary N) is 1. The van der Waals surface area contributed by atoms with E-state index in [1.165, 1.54) is 11.0 Å². The summed E-state index contributed by atoms with van der Waals surface area (Å²) in [7, 11) is 0. The van der Waals surface area contributed by atoms with Gasteiger partial charge < -0.3 is 26.0 Å². The van der Waals surface area contributed by atoms with Gasteiger partial charge in [0.25, 0.3) is 0 Å². The highest BCUT2D eigenvalue weighted by molar-refractivity contribution is 5.94. The molecule has 2 rings (SSSR count). The van der Waals surface area contributed by atoms with Crippen molar-refractivity contribution in [2.45, 2.75) is 51.4 Å². The number of amides is 4. The SMILES string of the molecule is C#Cc1ccc(C(C(=O)NCc2ccccc2)N(CC=C)C(=O)C(CC(N)=O)NC(=O)OC(C)(C)C)cc1. The molecule has 2 aromatic carbocycles. The van der Waals surface area contributed by atoms with Gasteiger partial charge in [-0.1, -0.05) is 54.5 Å². The highest BCUT2D eigenvalue weighted by atomic mass is 16.6. The molecule has 2 aromatic rings. The summed E-state index contributed by atoms with van der Waals surface area (Å²) in [5.74, 6) is 0.506. The molecule has 2 unspecified atom stereocenters. The summed E-state index contributed by atoms with van der Waals surface area (Å²) in [6, 6.07) is 13.4. The number of benzene rings is 2. The third kappa shape index (κ3) is 9.13. The number of carbonyl (C=O) groups is 4. The molecule has 0 saturated heterocycles. The van der Waals surface area contributed by atoms with Crippen molar-refractivity contribution in [1.29, 1.82) is 0 Å². The lowest BCUT2D eigenvalue weighted by molar-refractivity contribution is -0.142.